The minimum absolute atomic E-state index is 0.0686. The number of hydrogen-bond acceptors (Lipinski definition) is 5. The first-order valence-corrected chi connectivity index (χ1v) is 11.9. The SMILES string of the molecule is CNC(=O)c1ccc(N2C(=S)N(c3ccc(C#N)c(C(F)(F)F)c3)C(=O)C2(C)CC2CCCN2)cc1F. The van der Waals surface area contributed by atoms with Crippen LogP contribution in [0, 0.1) is 17.1 Å². The van der Waals surface area contributed by atoms with Crippen molar-refractivity contribution < 1.29 is 27.2 Å². The topological polar surface area (TPSA) is 88.5 Å². The number of amides is 2. The molecule has 2 aliphatic rings. The van der Waals surface area contributed by atoms with Gasteiger partial charge in [0, 0.05) is 18.8 Å². The number of carbonyl (C=O) groups excluding carboxylic acids is 2. The Labute approximate surface area is 216 Å². The van der Waals surface area contributed by atoms with Gasteiger partial charge in [0.25, 0.3) is 11.8 Å². The van der Waals surface area contributed by atoms with E-state index in [1.807, 2.05) is 0 Å². The van der Waals surface area contributed by atoms with Gasteiger partial charge in [-0.15, -0.1) is 0 Å². The van der Waals surface area contributed by atoms with E-state index >= 15 is 0 Å². The molecule has 2 heterocycles. The van der Waals surface area contributed by atoms with E-state index in [1.165, 1.54) is 36.2 Å². The number of rotatable bonds is 5. The van der Waals surface area contributed by atoms with Crippen molar-refractivity contribution in [2.75, 3.05) is 23.4 Å². The Morgan fingerprint density at radius 1 is 1.27 bits per heavy atom. The van der Waals surface area contributed by atoms with Crippen LogP contribution in [0.5, 0.6) is 0 Å². The first kappa shape index (κ1) is 26.5. The van der Waals surface area contributed by atoms with Crippen LogP contribution in [-0.4, -0.2) is 42.1 Å². The molecule has 2 aromatic rings. The number of carbonyl (C=O) groups is 2. The molecule has 0 aromatic heterocycles. The van der Waals surface area contributed by atoms with Crippen molar-refractivity contribution in [2.45, 2.75) is 43.9 Å². The van der Waals surface area contributed by atoms with Crippen LogP contribution in [0.2, 0.25) is 0 Å². The Morgan fingerprint density at radius 3 is 2.54 bits per heavy atom. The molecule has 0 aliphatic carbocycles. The molecule has 7 nitrogen and oxygen atoms in total. The summed E-state index contributed by atoms with van der Waals surface area (Å²) in [6, 6.07) is 8.16. The predicted molar refractivity (Wildman–Crippen MR) is 133 cm³/mol. The van der Waals surface area contributed by atoms with Gasteiger partial charge < -0.3 is 15.5 Å². The van der Waals surface area contributed by atoms with E-state index < -0.39 is 40.5 Å². The number of alkyl halides is 3. The predicted octanol–water partition coefficient (Wildman–Crippen LogP) is 4.11. The van der Waals surface area contributed by atoms with Gasteiger partial charge in [0.1, 0.15) is 11.4 Å². The molecule has 2 unspecified atom stereocenters. The molecular weight excluding hydrogens is 510 g/mol. The molecule has 2 saturated heterocycles. The zero-order chi connectivity index (χ0) is 27.1. The summed E-state index contributed by atoms with van der Waals surface area (Å²) < 4.78 is 55.9. The first-order chi connectivity index (χ1) is 17.4. The lowest BCUT2D eigenvalue weighted by atomic mass is 9.90. The second kappa shape index (κ2) is 9.72. The molecule has 2 fully saturated rings. The van der Waals surface area contributed by atoms with E-state index in [1.54, 1.807) is 6.92 Å². The number of anilines is 2. The van der Waals surface area contributed by atoms with Crippen molar-refractivity contribution in [1.82, 2.24) is 10.6 Å². The third-order valence-corrected chi connectivity index (χ3v) is 7.08. The highest BCUT2D eigenvalue weighted by molar-refractivity contribution is 7.81. The molecule has 2 aromatic carbocycles. The molecule has 194 valence electrons. The molecule has 4 rings (SSSR count). The van der Waals surface area contributed by atoms with Gasteiger partial charge in [-0.1, -0.05) is 0 Å². The van der Waals surface area contributed by atoms with Crippen LogP contribution in [0.25, 0.3) is 0 Å². The summed E-state index contributed by atoms with van der Waals surface area (Å²) in [5, 5.41) is 14.7. The molecule has 2 aliphatic heterocycles. The first-order valence-electron chi connectivity index (χ1n) is 11.5. The van der Waals surface area contributed by atoms with Crippen LogP contribution in [0.1, 0.15) is 47.7 Å². The van der Waals surface area contributed by atoms with Gasteiger partial charge in [0.2, 0.25) is 0 Å². The van der Waals surface area contributed by atoms with E-state index in [0.717, 1.165) is 42.5 Å². The lowest BCUT2D eigenvalue weighted by Gasteiger charge is -2.35. The maximum atomic E-state index is 14.9. The van der Waals surface area contributed by atoms with Crippen LogP contribution in [0.4, 0.5) is 28.9 Å². The molecule has 0 spiro atoms. The number of benzene rings is 2. The molecule has 2 amide bonds. The third-order valence-electron chi connectivity index (χ3n) is 6.72. The minimum atomic E-state index is -4.83. The monoisotopic (exact) mass is 533 g/mol. The van der Waals surface area contributed by atoms with Gasteiger partial charge in [0.05, 0.1) is 28.4 Å². The van der Waals surface area contributed by atoms with Crippen molar-refractivity contribution >= 4 is 40.5 Å². The van der Waals surface area contributed by atoms with Crippen LogP contribution < -0.4 is 20.4 Å². The smallest absolute Gasteiger partial charge is 0.355 e. The fourth-order valence-corrected chi connectivity index (χ4v) is 5.41. The number of hydrogen-bond donors (Lipinski definition) is 2. The Hall–Kier alpha value is -3.56. The van der Waals surface area contributed by atoms with E-state index in [0.29, 0.717) is 0 Å². The molecule has 2 N–H and O–H groups in total. The number of halogens is 4. The molecule has 0 saturated carbocycles. The van der Waals surface area contributed by atoms with Crippen molar-refractivity contribution in [3.05, 3.63) is 58.9 Å². The van der Waals surface area contributed by atoms with Crippen molar-refractivity contribution in [1.29, 1.82) is 5.26 Å². The fraction of sp³-hybridized carbons (Fsp3) is 0.360. The number of nitrogens with zero attached hydrogens (tertiary/aromatic N) is 3. The highest BCUT2D eigenvalue weighted by Gasteiger charge is 2.54. The van der Waals surface area contributed by atoms with Crippen LogP contribution in [0.15, 0.2) is 36.4 Å². The van der Waals surface area contributed by atoms with Gasteiger partial charge >= 0.3 is 6.18 Å². The Kier molecular flexibility index (Phi) is 6.96. The van der Waals surface area contributed by atoms with Gasteiger partial charge in [-0.25, -0.2) is 4.39 Å². The average Bonchev–Trinajstić information content (AvgIpc) is 3.42. The van der Waals surface area contributed by atoms with Gasteiger partial charge in [-0.05, 0) is 81.3 Å². The highest BCUT2D eigenvalue weighted by Crippen LogP contribution is 2.42. The number of nitrogens with one attached hydrogen (secondary N) is 2. The third kappa shape index (κ3) is 4.65. The molecule has 37 heavy (non-hydrogen) atoms. The number of thiocarbonyl (C=S) groups is 1. The van der Waals surface area contributed by atoms with E-state index in [-0.39, 0.29) is 34.5 Å². The summed E-state index contributed by atoms with van der Waals surface area (Å²) in [7, 11) is 1.36. The zero-order valence-corrected chi connectivity index (χ0v) is 20.8. The molecule has 12 heteroatoms. The fourth-order valence-electron chi connectivity index (χ4n) is 4.91. The quantitative estimate of drug-likeness (QED) is 0.444. The van der Waals surface area contributed by atoms with E-state index in [9.17, 15) is 27.2 Å². The highest BCUT2D eigenvalue weighted by atomic mass is 32.1. The lowest BCUT2D eigenvalue weighted by Crippen LogP contribution is -2.51. The average molecular weight is 534 g/mol. The van der Waals surface area contributed by atoms with E-state index in [4.69, 9.17) is 17.5 Å². The summed E-state index contributed by atoms with van der Waals surface area (Å²) in [6.45, 7) is 2.36. The van der Waals surface area contributed by atoms with Crippen molar-refractivity contribution in [3.8, 4) is 6.07 Å². The van der Waals surface area contributed by atoms with Crippen LogP contribution >= 0.6 is 12.2 Å². The van der Waals surface area contributed by atoms with Crippen molar-refractivity contribution in [3.63, 3.8) is 0 Å². The Balaban J connectivity index is 1.84. The summed E-state index contributed by atoms with van der Waals surface area (Å²) in [5.41, 5.74) is -3.34. The van der Waals surface area contributed by atoms with Gasteiger partial charge in [-0.2, -0.15) is 18.4 Å². The molecule has 0 radical (unpaired) electrons. The molecule has 2 atom stereocenters. The number of nitriles is 1. The Morgan fingerprint density at radius 2 is 1.97 bits per heavy atom. The van der Waals surface area contributed by atoms with Crippen molar-refractivity contribution in [2.24, 2.45) is 0 Å². The summed E-state index contributed by atoms with van der Waals surface area (Å²) in [5.74, 6) is -2.06. The maximum Gasteiger partial charge on any atom is 0.417 e. The van der Waals surface area contributed by atoms with E-state index in [2.05, 4.69) is 10.6 Å². The summed E-state index contributed by atoms with van der Waals surface area (Å²) in [4.78, 5) is 28.3. The molecular formula is C25H23F4N5O2S. The van der Waals surface area contributed by atoms with Crippen LogP contribution in [-0.2, 0) is 11.0 Å². The summed E-state index contributed by atoms with van der Waals surface area (Å²) in [6.07, 6.45) is -2.91. The largest absolute Gasteiger partial charge is 0.417 e. The second-order valence-corrected chi connectivity index (χ2v) is 9.48. The van der Waals surface area contributed by atoms with Gasteiger partial charge in [-0.3, -0.25) is 14.5 Å². The Bertz CT molecular complexity index is 1320. The minimum Gasteiger partial charge on any atom is -0.355 e. The lowest BCUT2D eigenvalue weighted by molar-refractivity contribution is -0.137. The summed E-state index contributed by atoms with van der Waals surface area (Å²) >= 11 is 5.60. The second-order valence-electron chi connectivity index (χ2n) is 9.11. The molecule has 0 bridgehead atoms. The maximum absolute atomic E-state index is 14.9. The van der Waals surface area contributed by atoms with Crippen LogP contribution in [0.3, 0.4) is 0 Å². The standard InChI is InChI=1S/C25H23F4N5O2S/c1-24(12-15-4-3-9-32-15)22(36)33(16-6-5-14(13-30)19(10-16)25(27,28)29)23(37)34(24)17-7-8-18(20(26)11-17)21(35)31-2/h5-8,10-11,15,32H,3-4,9,12H2,1-2H3,(H,31,35). The van der Waals surface area contributed by atoms with Gasteiger partial charge in [0.15, 0.2) is 5.11 Å². The zero-order valence-electron chi connectivity index (χ0n) is 19.9. The normalized spacial score (nSPS) is 21.9.